The van der Waals surface area contributed by atoms with E-state index >= 15 is 0 Å². The maximum atomic E-state index is 5.79. The molecule has 1 heterocycles. The molecule has 0 aliphatic rings. The summed E-state index contributed by atoms with van der Waals surface area (Å²) < 4.78 is 11.3. The summed E-state index contributed by atoms with van der Waals surface area (Å²) in [5.74, 6) is 0.882. The first kappa shape index (κ1) is 11.8. The number of ether oxygens (including phenoxy) is 1. The van der Waals surface area contributed by atoms with Gasteiger partial charge in [-0.15, -0.1) is 0 Å². The van der Waals surface area contributed by atoms with E-state index in [4.69, 9.17) is 9.15 Å². The SMILES string of the molecule is Cc1ccc(OCc2coc3ccc(C)cc23)cc1. The van der Waals surface area contributed by atoms with Crippen LogP contribution in [0.2, 0.25) is 0 Å². The van der Waals surface area contributed by atoms with Gasteiger partial charge in [-0.1, -0.05) is 29.3 Å². The second-order valence-electron chi connectivity index (χ2n) is 4.86. The Balaban J connectivity index is 1.81. The first-order valence-corrected chi connectivity index (χ1v) is 6.38. The highest BCUT2D eigenvalue weighted by atomic mass is 16.5. The molecular weight excluding hydrogens is 236 g/mol. The Morgan fingerprint density at radius 1 is 0.947 bits per heavy atom. The summed E-state index contributed by atoms with van der Waals surface area (Å²) in [6.45, 7) is 4.67. The van der Waals surface area contributed by atoms with Crippen molar-refractivity contribution >= 4 is 11.0 Å². The van der Waals surface area contributed by atoms with Crippen LogP contribution in [-0.4, -0.2) is 0 Å². The van der Waals surface area contributed by atoms with Crippen LogP contribution in [0.5, 0.6) is 5.75 Å². The Hall–Kier alpha value is -2.22. The summed E-state index contributed by atoms with van der Waals surface area (Å²) >= 11 is 0. The van der Waals surface area contributed by atoms with Crippen LogP contribution >= 0.6 is 0 Å². The first-order valence-electron chi connectivity index (χ1n) is 6.38. The van der Waals surface area contributed by atoms with E-state index in [0.717, 1.165) is 22.3 Å². The summed E-state index contributed by atoms with van der Waals surface area (Å²) in [6.07, 6.45) is 1.78. The minimum atomic E-state index is 0.527. The highest BCUT2D eigenvalue weighted by Crippen LogP contribution is 2.24. The fraction of sp³-hybridized carbons (Fsp3) is 0.176. The van der Waals surface area contributed by atoms with Crippen LogP contribution in [0.4, 0.5) is 0 Å². The molecule has 0 spiro atoms. The van der Waals surface area contributed by atoms with Crippen LogP contribution in [-0.2, 0) is 6.61 Å². The smallest absolute Gasteiger partial charge is 0.134 e. The quantitative estimate of drug-likeness (QED) is 0.678. The second-order valence-corrected chi connectivity index (χ2v) is 4.86. The molecule has 0 radical (unpaired) electrons. The van der Waals surface area contributed by atoms with Crippen LogP contribution in [0.3, 0.4) is 0 Å². The molecule has 0 aliphatic carbocycles. The van der Waals surface area contributed by atoms with Gasteiger partial charge in [0.15, 0.2) is 0 Å². The van der Waals surface area contributed by atoms with Crippen LogP contribution in [0.1, 0.15) is 16.7 Å². The molecule has 1 aromatic heterocycles. The maximum absolute atomic E-state index is 5.79. The van der Waals surface area contributed by atoms with Gasteiger partial charge in [-0.3, -0.25) is 0 Å². The monoisotopic (exact) mass is 252 g/mol. The van der Waals surface area contributed by atoms with E-state index in [-0.39, 0.29) is 0 Å². The summed E-state index contributed by atoms with van der Waals surface area (Å²) in [6, 6.07) is 14.3. The Kier molecular flexibility index (Phi) is 3.00. The molecular formula is C17H16O2. The van der Waals surface area contributed by atoms with Crippen molar-refractivity contribution < 1.29 is 9.15 Å². The Bertz CT molecular complexity index is 693. The lowest BCUT2D eigenvalue weighted by Gasteiger charge is -2.05. The van der Waals surface area contributed by atoms with Gasteiger partial charge in [0.25, 0.3) is 0 Å². The highest BCUT2D eigenvalue weighted by Gasteiger charge is 2.06. The summed E-state index contributed by atoms with van der Waals surface area (Å²) in [4.78, 5) is 0. The molecule has 0 amide bonds. The molecule has 0 bridgehead atoms. The lowest BCUT2D eigenvalue weighted by Crippen LogP contribution is -1.94. The van der Waals surface area contributed by atoms with Crippen LogP contribution < -0.4 is 4.74 Å². The largest absolute Gasteiger partial charge is 0.489 e. The average Bonchev–Trinajstić information content (AvgIpc) is 2.80. The predicted octanol–water partition coefficient (Wildman–Crippen LogP) is 4.63. The number of furan rings is 1. The van der Waals surface area contributed by atoms with Crippen LogP contribution in [0, 0.1) is 13.8 Å². The van der Waals surface area contributed by atoms with Gasteiger partial charge in [0.1, 0.15) is 17.9 Å². The van der Waals surface area contributed by atoms with Crippen LogP contribution in [0.15, 0.2) is 53.1 Å². The van der Waals surface area contributed by atoms with Gasteiger partial charge in [-0.05, 0) is 38.1 Å². The van der Waals surface area contributed by atoms with Crippen molar-refractivity contribution in [2.75, 3.05) is 0 Å². The van der Waals surface area contributed by atoms with E-state index in [1.54, 1.807) is 6.26 Å². The maximum Gasteiger partial charge on any atom is 0.134 e. The molecule has 0 saturated heterocycles. The Labute approximate surface area is 112 Å². The van der Waals surface area contributed by atoms with Crippen molar-refractivity contribution in [1.29, 1.82) is 0 Å². The second kappa shape index (κ2) is 4.81. The van der Waals surface area contributed by atoms with Gasteiger partial charge in [-0.25, -0.2) is 0 Å². The van der Waals surface area contributed by atoms with Crippen molar-refractivity contribution in [2.24, 2.45) is 0 Å². The van der Waals surface area contributed by atoms with E-state index in [1.807, 2.05) is 30.3 Å². The van der Waals surface area contributed by atoms with Gasteiger partial charge in [-0.2, -0.15) is 0 Å². The molecule has 3 aromatic rings. The lowest BCUT2D eigenvalue weighted by atomic mass is 10.1. The zero-order chi connectivity index (χ0) is 13.2. The molecule has 2 nitrogen and oxygen atoms in total. The molecule has 0 saturated carbocycles. The molecule has 0 aliphatic heterocycles. The van der Waals surface area contributed by atoms with Gasteiger partial charge >= 0.3 is 0 Å². The zero-order valence-electron chi connectivity index (χ0n) is 11.1. The molecule has 0 N–H and O–H groups in total. The highest BCUT2D eigenvalue weighted by molar-refractivity contribution is 5.81. The molecule has 2 aromatic carbocycles. The Morgan fingerprint density at radius 3 is 2.47 bits per heavy atom. The van der Waals surface area contributed by atoms with E-state index in [0.29, 0.717) is 6.61 Å². The topological polar surface area (TPSA) is 22.4 Å². The number of hydrogen-bond acceptors (Lipinski definition) is 2. The summed E-state index contributed by atoms with van der Waals surface area (Å²) in [5.41, 5.74) is 4.45. The van der Waals surface area contributed by atoms with Crippen molar-refractivity contribution in [3.8, 4) is 5.75 Å². The van der Waals surface area contributed by atoms with Gasteiger partial charge < -0.3 is 9.15 Å². The number of fused-ring (bicyclic) bond motifs is 1. The average molecular weight is 252 g/mol. The van der Waals surface area contributed by atoms with Crippen molar-refractivity contribution in [3.63, 3.8) is 0 Å². The third-order valence-electron chi connectivity index (χ3n) is 3.22. The molecule has 0 fully saturated rings. The predicted molar refractivity (Wildman–Crippen MR) is 76.5 cm³/mol. The fourth-order valence-corrected chi connectivity index (χ4v) is 2.10. The third kappa shape index (κ3) is 2.48. The van der Waals surface area contributed by atoms with Crippen LogP contribution in [0.25, 0.3) is 11.0 Å². The normalized spacial score (nSPS) is 10.8. The molecule has 2 heteroatoms. The number of hydrogen-bond donors (Lipinski definition) is 0. The van der Waals surface area contributed by atoms with E-state index in [9.17, 15) is 0 Å². The third-order valence-corrected chi connectivity index (χ3v) is 3.22. The number of rotatable bonds is 3. The van der Waals surface area contributed by atoms with Gasteiger partial charge in [0, 0.05) is 10.9 Å². The molecule has 3 rings (SSSR count). The summed E-state index contributed by atoms with van der Waals surface area (Å²) in [7, 11) is 0. The van der Waals surface area contributed by atoms with Crippen molar-refractivity contribution in [2.45, 2.75) is 20.5 Å². The lowest BCUT2D eigenvalue weighted by molar-refractivity contribution is 0.306. The first-order chi connectivity index (χ1) is 9.22. The zero-order valence-corrected chi connectivity index (χ0v) is 11.1. The fourth-order valence-electron chi connectivity index (χ4n) is 2.10. The molecule has 0 unspecified atom stereocenters. The summed E-state index contributed by atoms with van der Waals surface area (Å²) in [5, 5.41) is 1.13. The molecule has 19 heavy (non-hydrogen) atoms. The van der Waals surface area contributed by atoms with Gasteiger partial charge in [0.05, 0.1) is 6.26 Å². The van der Waals surface area contributed by atoms with E-state index in [2.05, 4.69) is 26.0 Å². The molecule has 96 valence electrons. The standard InChI is InChI=1S/C17H16O2/c1-12-3-6-15(7-4-12)18-10-14-11-19-17-8-5-13(2)9-16(14)17/h3-9,11H,10H2,1-2H3. The minimum absolute atomic E-state index is 0.527. The number of aryl methyl sites for hydroxylation is 2. The van der Waals surface area contributed by atoms with Crippen molar-refractivity contribution in [1.82, 2.24) is 0 Å². The minimum Gasteiger partial charge on any atom is -0.489 e. The molecule has 0 atom stereocenters. The van der Waals surface area contributed by atoms with Gasteiger partial charge in [0.2, 0.25) is 0 Å². The van der Waals surface area contributed by atoms with E-state index in [1.165, 1.54) is 11.1 Å². The Morgan fingerprint density at radius 2 is 1.68 bits per heavy atom. The number of benzene rings is 2. The van der Waals surface area contributed by atoms with E-state index < -0.39 is 0 Å². The van der Waals surface area contributed by atoms with Crippen molar-refractivity contribution in [3.05, 3.63) is 65.4 Å².